The van der Waals surface area contributed by atoms with E-state index < -0.39 is 6.10 Å². The van der Waals surface area contributed by atoms with Crippen LogP contribution in [0.25, 0.3) is 0 Å². The Hall–Kier alpha value is -0.900. The first-order valence-electron chi connectivity index (χ1n) is 4.67. The van der Waals surface area contributed by atoms with E-state index in [1.54, 1.807) is 0 Å². The Balaban J connectivity index is 2.89. The molecule has 3 nitrogen and oxygen atoms in total. The van der Waals surface area contributed by atoms with Gasteiger partial charge in [0.25, 0.3) is 0 Å². The number of nitrogens with zero attached hydrogens (tertiary/aromatic N) is 1. The van der Waals surface area contributed by atoms with Crippen LogP contribution in [0.15, 0.2) is 30.3 Å². The van der Waals surface area contributed by atoms with Gasteiger partial charge in [-0.15, -0.1) is 0 Å². The minimum Gasteiger partial charge on any atom is -0.394 e. The molecule has 78 valence electrons. The van der Waals surface area contributed by atoms with Crippen LogP contribution in [0.4, 0.5) is 0 Å². The summed E-state index contributed by atoms with van der Waals surface area (Å²) >= 11 is 0. The van der Waals surface area contributed by atoms with Crippen molar-refractivity contribution in [3.63, 3.8) is 0 Å². The highest BCUT2D eigenvalue weighted by molar-refractivity contribution is 5.20. The van der Waals surface area contributed by atoms with E-state index in [9.17, 15) is 5.11 Å². The van der Waals surface area contributed by atoms with E-state index in [-0.39, 0.29) is 12.6 Å². The first-order valence-corrected chi connectivity index (χ1v) is 4.67. The summed E-state index contributed by atoms with van der Waals surface area (Å²) in [5.74, 6) is 0. The van der Waals surface area contributed by atoms with Crippen LogP contribution in [-0.2, 0) is 0 Å². The summed E-state index contributed by atoms with van der Waals surface area (Å²) in [6, 6.07) is 9.53. The van der Waals surface area contributed by atoms with Gasteiger partial charge in [0.2, 0.25) is 0 Å². The average molecular weight is 195 g/mol. The molecule has 1 aromatic carbocycles. The summed E-state index contributed by atoms with van der Waals surface area (Å²) < 4.78 is 0. The Morgan fingerprint density at radius 2 is 1.79 bits per heavy atom. The first kappa shape index (κ1) is 11.2. The van der Waals surface area contributed by atoms with E-state index in [4.69, 9.17) is 5.11 Å². The van der Waals surface area contributed by atoms with Gasteiger partial charge in [0.05, 0.1) is 18.8 Å². The number of benzene rings is 1. The van der Waals surface area contributed by atoms with Gasteiger partial charge in [-0.05, 0) is 19.7 Å². The maximum atomic E-state index is 9.65. The van der Waals surface area contributed by atoms with Gasteiger partial charge in [-0.3, -0.25) is 4.90 Å². The highest BCUT2D eigenvalue weighted by Gasteiger charge is 2.21. The van der Waals surface area contributed by atoms with E-state index in [0.717, 1.165) is 5.56 Å². The SMILES string of the molecule is CN(C)[C@H](c1ccccc1)[C@H](O)CO. The smallest absolute Gasteiger partial charge is 0.0966 e. The lowest BCUT2D eigenvalue weighted by atomic mass is 10.0. The quantitative estimate of drug-likeness (QED) is 0.741. The standard InChI is InChI=1S/C11H17NO2/c1-12(2)11(10(14)8-13)9-6-4-3-5-7-9/h3-7,10-11,13-14H,8H2,1-2H3/t10-,11-/m1/s1. The van der Waals surface area contributed by atoms with Crippen LogP contribution in [0.2, 0.25) is 0 Å². The molecular weight excluding hydrogens is 178 g/mol. The third-order valence-electron chi connectivity index (χ3n) is 2.25. The molecule has 0 heterocycles. The van der Waals surface area contributed by atoms with Crippen molar-refractivity contribution < 1.29 is 10.2 Å². The number of hydrogen-bond donors (Lipinski definition) is 2. The second-order valence-corrected chi connectivity index (χ2v) is 3.57. The monoisotopic (exact) mass is 195 g/mol. The Bertz CT molecular complexity index is 261. The Labute approximate surface area is 84.6 Å². The van der Waals surface area contributed by atoms with Crippen molar-refractivity contribution in [1.82, 2.24) is 4.90 Å². The van der Waals surface area contributed by atoms with Crippen molar-refractivity contribution in [3.05, 3.63) is 35.9 Å². The molecule has 0 aliphatic rings. The fraction of sp³-hybridized carbons (Fsp3) is 0.455. The Morgan fingerprint density at radius 3 is 2.21 bits per heavy atom. The first-order chi connectivity index (χ1) is 6.66. The summed E-state index contributed by atoms with van der Waals surface area (Å²) in [5.41, 5.74) is 1.01. The molecule has 0 aliphatic heterocycles. The lowest BCUT2D eigenvalue weighted by Crippen LogP contribution is -2.33. The number of rotatable bonds is 4. The van der Waals surface area contributed by atoms with E-state index in [2.05, 4.69) is 0 Å². The molecule has 0 radical (unpaired) electrons. The summed E-state index contributed by atoms with van der Waals surface area (Å²) in [6.07, 6.45) is -0.743. The molecule has 2 N–H and O–H groups in total. The van der Waals surface area contributed by atoms with Gasteiger partial charge in [0.15, 0.2) is 0 Å². The van der Waals surface area contributed by atoms with E-state index in [1.807, 2.05) is 49.3 Å². The molecule has 14 heavy (non-hydrogen) atoms. The molecule has 0 unspecified atom stereocenters. The van der Waals surface area contributed by atoms with E-state index >= 15 is 0 Å². The van der Waals surface area contributed by atoms with Crippen molar-refractivity contribution in [3.8, 4) is 0 Å². The van der Waals surface area contributed by atoms with Gasteiger partial charge in [0.1, 0.15) is 0 Å². The topological polar surface area (TPSA) is 43.7 Å². The maximum Gasteiger partial charge on any atom is 0.0966 e. The lowest BCUT2D eigenvalue weighted by molar-refractivity contribution is 0.0278. The highest BCUT2D eigenvalue weighted by Crippen LogP contribution is 2.21. The molecule has 0 amide bonds. The lowest BCUT2D eigenvalue weighted by Gasteiger charge is -2.28. The Kier molecular flexibility index (Phi) is 4.07. The van der Waals surface area contributed by atoms with E-state index in [0.29, 0.717) is 0 Å². The minimum absolute atomic E-state index is 0.152. The molecule has 2 atom stereocenters. The summed E-state index contributed by atoms with van der Waals surface area (Å²) in [6.45, 7) is -0.224. The summed E-state index contributed by atoms with van der Waals surface area (Å²) in [5, 5.41) is 18.6. The van der Waals surface area contributed by atoms with Gasteiger partial charge in [-0.1, -0.05) is 30.3 Å². The number of aliphatic hydroxyl groups is 2. The van der Waals surface area contributed by atoms with Crippen LogP contribution >= 0.6 is 0 Å². The maximum absolute atomic E-state index is 9.65. The zero-order valence-corrected chi connectivity index (χ0v) is 8.59. The van der Waals surface area contributed by atoms with Crippen molar-refractivity contribution >= 4 is 0 Å². The molecule has 0 aliphatic carbocycles. The zero-order valence-electron chi connectivity index (χ0n) is 8.59. The van der Waals surface area contributed by atoms with Gasteiger partial charge in [-0.25, -0.2) is 0 Å². The van der Waals surface area contributed by atoms with E-state index in [1.165, 1.54) is 0 Å². The van der Waals surface area contributed by atoms with Gasteiger partial charge < -0.3 is 10.2 Å². The van der Waals surface area contributed by atoms with Crippen LogP contribution in [0.3, 0.4) is 0 Å². The molecule has 0 fully saturated rings. The third-order valence-corrected chi connectivity index (χ3v) is 2.25. The summed E-state index contributed by atoms with van der Waals surface area (Å²) in [4.78, 5) is 1.90. The molecule has 0 saturated carbocycles. The number of hydrogen-bond acceptors (Lipinski definition) is 3. The fourth-order valence-electron chi connectivity index (χ4n) is 1.61. The van der Waals surface area contributed by atoms with Crippen LogP contribution in [0, 0.1) is 0 Å². The second kappa shape index (κ2) is 5.10. The molecule has 1 rings (SSSR count). The second-order valence-electron chi connectivity index (χ2n) is 3.57. The predicted octanol–water partition coefficient (Wildman–Crippen LogP) is 0.642. The number of aliphatic hydroxyl groups excluding tert-OH is 2. The number of likely N-dealkylation sites (N-methyl/N-ethyl adjacent to an activating group) is 1. The van der Waals surface area contributed by atoms with Gasteiger partial charge in [0, 0.05) is 0 Å². The largest absolute Gasteiger partial charge is 0.394 e. The summed E-state index contributed by atoms with van der Waals surface area (Å²) in [7, 11) is 3.77. The molecule has 0 bridgehead atoms. The average Bonchev–Trinajstić information content (AvgIpc) is 2.19. The third kappa shape index (κ3) is 2.54. The van der Waals surface area contributed by atoms with Crippen LogP contribution in [0.5, 0.6) is 0 Å². The molecule has 0 aromatic heterocycles. The molecule has 3 heteroatoms. The van der Waals surface area contributed by atoms with Crippen molar-refractivity contribution in [2.45, 2.75) is 12.1 Å². The molecule has 1 aromatic rings. The normalized spacial score (nSPS) is 15.5. The zero-order chi connectivity index (χ0) is 10.6. The van der Waals surface area contributed by atoms with Gasteiger partial charge in [-0.2, -0.15) is 0 Å². The molecular formula is C11H17NO2. The van der Waals surface area contributed by atoms with Gasteiger partial charge >= 0.3 is 0 Å². The van der Waals surface area contributed by atoms with Crippen molar-refractivity contribution in [1.29, 1.82) is 0 Å². The molecule has 0 saturated heterocycles. The van der Waals surface area contributed by atoms with Crippen molar-refractivity contribution in [2.75, 3.05) is 20.7 Å². The minimum atomic E-state index is -0.743. The fourth-order valence-corrected chi connectivity index (χ4v) is 1.61. The Morgan fingerprint density at radius 1 is 1.21 bits per heavy atom. The predicted molar refractivity (Wildman–Crippen MR) is 56.0 cm³/mol. The highest BCUT2D eigenvalue weighted by atomic mass is 16.3. The van der Waals surface area contributed by atoms with Crippen LogP contribution < -0.4 is 0 Å². The molecule has 0 spiro atoms. The van der Waals surface area contributed by atoms with Crippen molar-refractivity contribution in [2.24, 2.45) is 0 Å². The van der Waals surface area contributed by atoms with Crippen LogP contribution in [0.1, 0.15) is 11.6 Å². The van der Waals surface area contributed by atoms with Crippen LogP contribution in [-0.4, -0.2) is 41.9 Å².